The van der Waals surface area contributed by atoms with Gasteiger partial charge in [-0.3, -0.25) is 0 Å². The summed E-state index contributed by atoms with van der Waals surface area (Å²) in [5, 5.41) is 0. The number of ether oxygens (including phenoxy) is 3. The van der Waals surface area contributed by atoms with Gasteiger partial charge in [-0.2, -0.15) is 0 Å². The maximum atomic E-state index is 13.4. The van der Waals surface area contributed by atoms with Gasteiger partial charge in [0.15, 0.2) is 17.6 Å². The molecule has 1 aliphatic heterocycles. The molecule has 3 aromatic rings. The van der Waals surface area contributed by atoms with E-state index in [9.17, 15) is 4.79 Å². The summed E-state index contributed by atoms with van der Waals surface area (Å²) in [7, 11) is 0. The van der Waals surface area contributed by atoms with Crippen molar-refractivity contribution in [3.05, 3.63) is 84.4 Å². The van der Waals surface area contributed by atoms with E-state index in [2.05, 4.69) is 24.0 Å². The van der Waals surface area contributed by atoms with Crippen molar-refractivity contribution in [2.24, 2.45) is 0 Å². The summed E-state index contributed by atoms with van der Waals surface area (Å²) < 4.78 is 18.0. The maximum Gasteiger partial charge on any atom is 0.338 e. The van der Waals surface area contributed by atoms with Gasteiger partial charge in [0.05, 0.1) is 18.0 Å². The van der Waals surface area contributed by atoms with Gasteiger partial charge in [-0.15, -0.1) is 0 Å². The Morgan fingerprint density at radius 1 is 0.844 bits per heavy atom. The summed E-state index contributed by atoms with van der Waals surface area (Å²) in [6.07, 6.45) is -0.248. The second-order valence-corrected chi connectivity index (χ2v) is 7.60. The molecule has 0 N–H and O–H groups in total. The zero-order valence-corrected chi connectivity index (χ0v) is 18.8. The van der Waals surface area contributed by atoms with Crippen LogP contribution in [0.3, 0.4) is 0 Å². The van der Waals surface area contributed by atoms with E-state index in [1.165, 1.54) is 0 Å². The average Bonchev–Trinajstić information content (AvgIpc) is 2.84. The summed E-state index contributed by atoms with van der Waals surface area (Å²) in [5.74, 6) is 1.10. The largest absolute Gasteiger partial charge is 0.464 e. The molecule has 0 saturated heterocycles. The van der Waals surface area contributed by atoms with Crippen LogP contribution in [0.15, 0.2) is 78.9 Å². The Bertz CT molecular complexity index is 1020. The standard InChI is InChI=1S/C27H29NO4/c1-4-27(20-14-8-7-9-15-20,25(30-5-2)26(29)31-6-3)28-21-16-10-12-18-23(21)32-24-19-13-11-17-22(24)28/h7-19,25H,4-6H2,1-3H3. The zero-order valence-electron chi connectivity index (χ0n) is 18.8. The predicted octanol–water partition coefficient (Wildman–Crippen LogP) is 6.20. The Labute approximate surface area is 189 Å². The molecule has 0 bridgehead atoms. The fourth-order valence-corrected chi connectivity index (χ4v) is 4.59. The van der Waals surface area contributed by atoms with Gasteiger partial charge in [0.25, 0.3) is 0 Å². The lowest BCUT2D eigenvalue weighted by Gasteiger charge is -2.50. The number of carbonyl (C=O) groups is 1. The smallest absolute Gasteiger partial charge is 0.338 e. The topological polar surface area (TPSA) is 48.0 Å². The van der Waals surface area contributed by atoms with Crippen LogP contribution in [0.4, 0.5) is 11.4 Å². The molecular formula is C27H29NO4. The molecule has 3 aromatic carbocycles. The van der Waals surface area contributed by atoms with Gasteiger partial charge >= 0.3 is 5.97 Å². The first-order valence-electron chi connectivity index (χ1n) is 11.2. The molecule has 1 heterocycles. The molecule has 0 amide bonds. The van der Waals surface area contributed by atoms with Crippen LogP contribution in [0.1, 0.15) is 32.8 Å². The lowest BCUT2D eigenvalue weighted by atomic mass is 9.78. The molecule has 0 fully saturated rings. The molecule has 166 valence electrons. The number of esters is 1. The van der Waals surface area contributed by atoms with E-state index in [1.807, 2.05) is 80.6 Å². The number of fused-ring (bicyclic) bond motifs is 2. The summed E-state index contributed by atoms with van der Waals surface area (Å²) >= 11 is 0. The molecule has 2 atom stereocenters. The van der Waals surface area contributed by atoms with Gasteiger partial charge in [-0.05, 0) is 50.1 Å². The van der Waals surface area contributed by atoms with Crippen molar-refractivity contribution in [3.63, 3.8) is 0 Å². The highest BCUT2D eigenvalue weighted by Gasteiger charge is 2.52. The van der Waals surface area contributed by atoms with Gasteiger partial charge in [0, 0.05) is 6.61 Å². The highest BCUT2D eigenvalue weighted by Crippen LogP contribution is 2.54. The highest BCUT2D eigenvalue weighted by molar-refractivity contribution is 5.85. The number of benzene rings is 3. The van der Waals surface area contributed by atoms with Crippen molar-refractivity contribution in [1.82, 2.24) is 0 Å². The van der Waals surface area contributed by atoms with E-state index >= 15 is 0 Å². The van der Waals surface area contributed by atoms with Crippen LogP contribution >= 0.6 is 0 Å². The van der Waals surface area contributed by atoms with Gasteiger partial charge in [0.2, 0.25) is 0 Å². The molecular weight excluding hydrogens is 402 g/mol. The van der Waals surface area contributed by atoms with Crippen molar-refractivity contribution in [2.45, 2.75) is 38.8 Å². The number of carbonyl (C=O) groups excluding carboxylic acids is 1. The van der Waals surface area contributed by atoms with Crippen molar-refractivity contribution in [1.29, 1.82) is 0 Å². The molecule has 32 heavy (non-hydrogen) atoms. The molecule has 5 nitrogen and oxygen atoms in total. The number of anilines is 2. The van der Waals surface area contributed by atoms with E-state index in [1.54, 1.807) is 0 Å². The molecule has 4 rings (SSSR count). The van der Waals surface area contributed by atoms with Crippen LogP contribution in [0.2, 0.25) is 0 Å². The van der Waals surface area contributed by atoms with Crippen LogP contribution < -0.4 is 9.64 Å². The molecule has 0 aliphatic carbocycles. The van der Waals surface area contributed by atoms with Gasteiger partial charge in [-0.25, -0.2) is 4.79 Å². The monoisotopic (exact) mass is 431 g/mol. The fourth-order valence-electron chi connectivity index (χ4n) is 4.59. The Morgan fingerprint density at radius 2 is 1.41 bits per heavy atom. The van der Waals surface area contributed by atoms with Gasteiger partial charge < -0.3 is 19.1 Å². The van der Waals surface area contributed by atoms with Crippen LogP contribution in [-0.2, 0) is 19.8 Å². The molecule has 2 unspecified atom stereocenters. The number of hydrogen-bond donors (Lipinski definition) is 0. The van der Waals surface area contributed by atoms with Crippen LogP contribution in [-0.4, -0.2) is 25.3 Å². The minimum Gasteiger partial charge on any atom is -0.464 e. The first kappa shape index (κ1) is 21.9. The highest BCUT2D eigenvalue weighted by atomic mass is 16.6. The lowest BCUT2D eigenvalue weighted by Crippen LogP contribution is -2.57. The van der Waals surface area contributed by atoms with Crippen LogP contribution in [0.25, 0.3) is 0 Å². The van der Waals surface area contributed by atoms with E-state index in [0.717, 1.165) is 28.4 Å². The third-order valence-electron chi connectivity index (χ3n) is 5.91. The van der Waals surface area contributed by atoms with Gasteiger partial charge in [-0.1, -0.05) is 61.5 Å². The minimum absolute atomic E-state index is 0.285. The molecule has 1 aliphatic rings. The number of rotatable bonds is 8. The lowest BCUT2D eigenvalue weighted by molar-refractivity contribution is -0.162. The normalized spacial score (nSPS) is 15.0. The second kappa shape index (κ2) is 9.45. The number of nitrogens with zero attached hydrogens (tertiary/aromatic N) is 1. The summed E-state index contributed by atoms with van der Waals surface area (Å²) in [6.45, 7) is 6.47. The Morgan fingerprint density at radius 3 is 1.94 bits per heavy atom. The summed E-state index contributed by atoms with van der Waals surface area (Å²) in [4.78, 5) is 15.6. The second-order valence-electron chi connectivity index (χ2n) is 7.60. The molecule has 5 heteroatoms. The Balaban J connectivity index is 2.04. The molecule has 0 aromatic heterocycles. The van der Waals surface area contributed by atoms with Crippen LogP contribution in [0.5, 0.6) is 11.5 Å². The van der Waals surface area contributed by atoms with Gasteiger partial charge in [0.1, 0.15) is 5.54 Å². The van der Waals surface area contributed by atoms with Crippen molar-refractivity contribution in [3.8, 4) is 11.5 Å². The number of hydrogen-bond acceptors (Lipinski definition) is 5. The fraction of sp³-hybridized carbons (Fsp3) is 0.296. The minimum atomic E-state index is -0.862. The maximum absolute atomic E-state index is 13.4. The van der Waals surface area contributed by atoms with Crippen LogP contribution in [0, 0.1) is 0 Å². The molecule has 0 saturated carbocycles. The molecule has 0 radical (unpaired) electrons. The van der Waals surface area contributed by atoms with Crippen molar-refractivity contribution in [2.75, 3.05) is 18.1 Å². The summed E-state index contributed by atoms with van der Waals surface area (Å²) in [5.41, 5.74) is 1.87. The Hall–Kier alpha value is -3.31. The third-order valence-corrected chi connectivity index (χ3v) is 5.91. The first-order valence-corrected chi connectivity index (χ1v) is 11.2. The van der Waals surface area contributed by atoms with Crippen molar-refractivity contribution < 1.29 is 19.0 Å². The van der Waals surface area contributed by atoms with E-state index in [4.69, 9.17) is 14.2 Å². The van der Waals surface area contributed by atoms with E-state index < -0.39 is 11.6 Å². The SMILES string of the molecule is CCOC(=O)C(OCC)C(CC)(c1ccccc1)N1c2ccccc2Oc2ccccc21. The zero-order chi connectivity index (χ0) is 22.6. The van der Waals surface area contributed by atoms with Crippen molar-refractivity contribution >= 4 is 17.3 Å². The average molecular weight is 432 g/mol. The molecule has 0 spiro atoms. The third kappa shape index (κ3) is 3.63. The van der Waals surface area contributed by atoms with E-state index in [-0.39, 0.29) is 12.6 Å². The summed E-state index contributed by atoms with van der Waals surface area (Å²) in [6, 6.07) is 25.9. The van der Waals surface area contributed by atoms with E-state index in [0.29, 0.717) is 13.0 Å². The Kier molecular flexibility index (Phi) is 6.47. The quantitative estimate of drug-likeness (QED) is 0.397. The first-order chi connectivity index (χ1) is 15.7. The predicted molar refractivity (Wildman–Crippen MR) is 126 cm³/mol. The number of para-hydroxylation sites is 4.